The molecule has 1 aromatic carbocycles. The van der Waals surface area contributed by atoms with Crippen LogP contribution in [0.2, 0.25) is 0 Å². The summed E-state index contributed by atoms with van der Waals surface area (Å²) in [5.74, 6) is -3.84. The molecule has 0 atom stereocenters. The van der Waals surface area contributed by atoms with Crippen LogP contribution in [0.3, 0.4) is 0 Å². The van der Waals surface area contributed by atoms with Crippen LogP contribution in [-0.2, 0) is 0 Å². The lowest BCUT2D eigenvalue weighted by molar-refractivity contribution is 0.100. The van der Waals surface area contributed by atoms with Crippen LogP contribution >= 0.6 is 11.3 Å². The van der Waals surface area contributed by atoms with E-state index in [4.69, 9.17) is 10.3 Å². The van der Waals surface area contributed by atoms with Gasteiger partial charge in [0.05, 0.1) is 4.88 Å². The zero-order chi connectivity index (χ0) is 17.3. The fraction of sp³-hybridized carbons (Fsp3) is 0. The Morgan fingerprint density at radius 2 is 1.92 bits per heavy atom. The van der Waals surface area contributed by atoms with Crippen LogP contribution in [0.15, 0.2) is 40.2 Å². The molecule has 9 heteroatoms. The second kappa shape index (κ2) is 6.20. The highest BCUT2D eigenvalue weighted by molar-refractivity contribution is 7.13. The van der Waals surface area contributed by atoms with Gasteiger partial charge in [-0.15, -0.1) is 11.3 Å². The second-order valence-corrected chi connectivity index (χ2v) is 5.64. The molecule has 0 spiro atoms. The minimum absolute atomic E-state index is 0.123. The first-order valence-electron chi connectivity index (χ1n) is 6.56. The molecule has 0 aliphatic heterocycles. The lowest BCUT2D eigenvalue weighted by atomic mass is 10.1. The predicted molar refractivity (Wildman–Crippen MR) is 82.6 cm³/mol. The Bertz CT molecular complexity index is 902. The number of primary amides is 1. The molecule has 2 aromatic heterocycles. The summed E-state index contributed by atoms with van der Waals surface area (Å²) in [4.78, 5) is 24.4. The van der Waals surface area contributed by atoms with Gasteiger partial charge in [-0.25, -0.2) is 8.78 Å². The van der Waals surface area contributed by atoms with E-state index >= 15 is 0 Å². The fourth-order valence-corrected chi connectivity index (χ4v) is 2.76. The van der Waals surface area contributed by atoms with Crippen molar-refractivity contribution in [2.45, 2.75) is 0 Å². The van der Waals surface area contributed by atoms with Crippen molar-refractivity contribution in [3.8, 4) is 10.6 Å². The topological polar surface area (TPSA) is 98.2 Å². The van der Waals surface area contributed by atoms with Crippen LogP contribution in [-0.4, -0.2) is 17.0 Å². The predicted octanol–water partition coefficient (Wildman–Crippen LogP) is 3.03. The maximum absolute atomic E-state index is 13.2. The normalized spacial score (nSPS) is 10.6. The smallest absolute Gasteiger partial charge is 0.258 e. The van der Waals surface area contributed by atoms with Gasteiger partial charge in [0.2, 0.25) is 5.88 Å². The minimum atomic E-state index is -0.910. The number of nitrogens with one attached hydrogen (secondary N) is 1. The van der Waals surface area contributed by atoms with Crippen LogP contribution < -0.4 is 11.1 Å². The van der Waals surface area contributed by atoms with Crippen molar-refractivity contribution in [2.24, 2.45) is 5.73 Å². The van der Waals surface area contributed by atoms with Crippen LogP contribution in [0.5, 0.6) is 0 Å². The molecule has 0 fully saturated rings. The van der Waals surface area contributed by atoms with Gasteiger partial charge >= 0.3 is 0 Å². The van der Waals surface area contributed by atoms with E-state index in [1.54, 1.807) is 17.5 Å². The number of aromatic nitrogens is 1. The summed E-state index contributed by atoms with van der Waals surface area (Å²) in [5, 5.41) is 7.75. The van der Waals surface area contributed by atoms with Crippen molar-refractivity contribution in [1.29, 1.82) is 0 Å². The van der Waals surface area contributed by atoms with E-state index in [1.807, 2.05) is 0 Å². The molecular formula is C15H9F2N3O3S. The molecule has 24 heavy (non-hydrogen) atoms. The van der Waals surface area contributed by atoms with Crippen molar-refractivity contribution in [3.63, 3.8) is 0 Å². The van der Waals surface area contributed by atoms with Gasteiger partial charge in [-0.3, -0.25) is 14.9 Å². The summed E-state index contributed by atoms with van der Waals surface area (Å²) >= 11 is 1.30. The average Bonchev–Trinajstić information content (AvgIpc) is 3.14. The molecule has 3 N–H and O–H groups in total. The Kier molecular flexibility index (Phi) is 4.09. The monoisotopic (exact) mass is 349 g/mol. The van der Waals surface area contributed by atoms with E-state index in [0.29, 0.717) is 10.9 Å². The molecule has 0 bridgehead atoms. The largest absolute Gasteiger partial charge is 0.365 e. The summed E-state index contributed by atoms with van der Waals surface area (Å²) in [6.45, 7) is 0. The Hall–Kier alpha value is -3.07. The quantitative estimate of drug-likeness (QED) is 0.756. The van der Waals surface area contributed by atoms with Gasteiger partial charge in [0.25, 0.3) is 11.8 Å². The molecule has 2 heterocycles. The minimum Gasteiger partial charge on any atom is -0.365 e. The molecule has 0 radical (unpaired) electrons. The number of carbonyl (C=O) groups is 2. The molecule has 3 aromatic rings. The number of thiophene rings is 1. The van der Waals surface area contributed by atoms with Gasteiger partial charge in [-0.1, -0.05) is 11.2 Å². The highest BCUT2D eigenvalue weighted by Crippen LogP contribution is 2.31. The summed E-state index contributed by atoms with van der Waals surface area (Å²) in [7, 11) is 0. The summed E-state index contributed by atoms with van der Waals surface area (Å²) in [6.07, 6.45) is 0. The second-order valence-electron chi connectivity index (χ2n) is 4.69. The molecule has 122 valence electrons. The number of nitrogens with two attached hydrogens (primary N) is 1. The van der Waals surface area contributed by atoms with E-state index in [-0.39, 0.29) is 22.7 Å². The molecule has 0 saturated carbocycles. The molecule has 3 rings (SSSR count). The van der Waals surface area contributed by atoms with Crippen LogP contribution in [0.4, 0.5) is 14.7 Å². The van der Waals surface area contributed by atoms with Crippen LogP contribution in [0.25, 0.3) is 10.6 Å². The Balaban J connectivity index is 1.95. The molecule has 0 aliphatic carbocycles. The first-order valence-corrected chi connectivity index (χ1v) is 7.44. The molecular weight excluding hydrogens is 340 g/mol. The van der Waals surface area contributed by atoms with E-state index < -0.39 is 23.4 Å². The molecule has 0 aliphatic rings. The highest BCUT2D eigenvalue weighted by atomic mass is 32.1. The van der Waals surface area contributed by atoms with Crippen molar-refractivity contribution < 1.29 is 22.9 Å². The van der Waals surface area contributed by atoms with Gasteiger partial charge in [0, 0.05) is 11.6 Å². The highest BCUT2D eigenvalue weighted by Gasteiger charge is 2.24. The Morgan fingerprint density at radius 1 is 1.21 bits per heavy atom. The molecule has 6 nitrogen and oxygen atoms in total. The standard InChI is InChI=1S/C15H9F2N3O3S/c16-8-4-7(5-9(17)6-8)14(22)19-15-11(13(18)21)12(20-23-15)10-2-1-3-24-10/h1-6H,(H2,18,21)(H,19,22). The molecule has 0 unspecified atom stereocenters. The van der Waals surface area contributed by atoms with Crippen molar-refractivity contribution in [2.75, 3.05) is 5.32 Å². The van der Waals surface area contributed by atoms with E-state index in [0.717, 1.165) is 12.1 Å². The van der Waals surface area contributed by atoms with Gasteiger partial charge in [-0.2, -0.15) is 0 Å². The van der Waals surface area contributed by atoms with Crippen molar-refractivity contribution in [3.05, 3.63) is 58.5 Å². The number of rotatable bonds is 4. The van der Waals surface area contributed by atoms with Gasteiger partial charge in [0.1, 0.15) is 22.9 Å². The van der Waals surface area contributed by atoms with E-state index in [1.165, 1.54) is 11.3 Å². The lowest BCUT2D eigenvalue weighted by Crippen LogP contribution is -2.17. The number of carbonyl (C=O) groups excluding carboxylic acids is 2. The third kappa shape index (κ3) is 3.01. The Morgan fingerprint density at radius 3 is 2.50 bits per heavy atom. The number of halogens is 2. The summed E-state index contributed by atoms with van der Waals surface area (Å²) in [5.41, 5.74) is 5.10. The number of benzene rings is 1. The van der Waals surface area contributed by atoms with Crippen LogP contribution in [0.1, 0.15) is 20.7 Å². The zero-order valence-corrected chi connectivity index (χ0v) is 12.7. The third-order valence-corrected chi connectivity index (χ3v) is 3.92. The number of anilines is 1. The number of hydrogen-bond donors (Lipinski definition) is 2. The van der Waals surface area contributed by atoms with Crippen LogP contribution in [0, 0.1) is 11.6 Å². The summed E-state index contributed by atoms with van der Waals surface area (Å²) < 4.78 is 31.4. The lowest BCUT2D eigenvalue weighted by Gasteiger charge is -2.03. The fourth-order valence-electron chi connectivity index (χ4n) is 2.05. The molecule has 0 saturated heterocycles. The SMILES string of the molecule is NC(=O)c1c(-c2cccs2)noc1NC(=O)c1cc(F)cc(F)c1. The van der Waals surface area contributed by atoms with E-state index in [9.17, 15) is 18.4 Å². The number of nitrogens with zero attached hydrogens (tertiary/aromatic N) is 1. The van der Waals surface area contributed by atoms with Gasteiger partial charge in [-0.05, 0) is 23.6 Å². The van der Waals surface area contributed by atoms with E-state index in [2.05, 4.69) is 10.5 Å². The number of amides is 2. The van der Waals surface area contributed by atoms with Crippen molar-refractivity contribution in [1.82, 2.24) is 5.16 Å². The van der Waals surface area contributed by atoms with Gasteiger partial charge < -0.3 is 10.3 Å². The number of hydrogen-bond acceptors (Lipinski definition) is 5. The first-order chi connectivity index (χ1) is 11.5. The third-order valence-electron chi connectivity index (χ3n) is 3.04. The summed E-state index contributed by atoms with van der Waals surface area (Å²) in [6, 6.07) is 5.77. The molecule has 2 amide bonds. The van der Waals surface area contributed by atoms with Gasteiger partial charge in [0.15, 0.2) is 0 Å². The maximum Gasteiger partial charge on any atom is 0.258 e. The zero-order valence-electron chi connectivity index (χ0n) is 11.9. The van der Waals surface area contributed by atoms with Crippen molar-refractivity contribution >= 4 is 29.0 Å². The maximum atomic E-state index is 13.2. The first kappa shape index (κ1) is 15.8. The Labute approximate surface area is 137 Å². The average molecular weight is 349 g/mol.